The molecular formula is C23H27F3N4NaO5. The molecule has 1 aromatic heterocycles. The van der Waals surface area contributed by atoms with Crippen molar-refractivity contribution in [3.05, 3.63) is 53.7 Å². The third-order valence-electron chi connectivity index (χ3n) is 4.71. The standard InChI is InChI=1S/C23H27F3N4O5.Na/c1-15-8-10-28-19(11-15)27-9-3-2-7-20(31)29-14-21(32)30-18(13-22(33)34)16-5-4-6-17(12-16)35-23(24,25)26;/h4-6,8,10-12,18H,2-3,7,9,13-14H2,1H3,(H,27,28)(H,29,31)(H,30,32)(H,33,34);. The maximum atomic E-state index is 12.5. The molecular weight excluding hydrogens is 492 g/mol. The smallest absolute Gasteiger partial charge is 0.481 e. The molecule has 0 saturated carbocycles. The molecule has 0 spiro atoms. The van der Waals surface area contributed by atoms with Gasteiger partial charge in [-0.25, -0.2) is 4.98 Å². The Bertz CT molecular complexity index is 1020. The SMILES string of the molecule is Cc1ccnc(NCCCCC(=O)NCC(=O)NC(CC(=O)O)c2cccc(OC(F)(F)F)c2)c1.[Na]. The average Bonchev–Trinajstić information content (AvgIpc) is 2.76. The monoisotopic (exact) mass is 519 g/mol. The summed E-state index contributed by atoms with van der Waals surface area (Å²) < 4.78 is 41.2. The van der Waals surface area contributed by atoms with Crippen LogP contribution in [0, 0.1) is 6.92 Å². The number of carboxylic acids is 1. The van der Waals surface area contributed by atoms with Crippen LogP contribution in [-0.2, 0) is 14.4 Å². The molecule has 1 heterocycles. The molecule has 0 aliphatic heterocycles. The third-order valence-corrected chi connectivity index (χ3v) is 4.71. The third kappa shape index (κ3) is 12.8. The van der Waals surface area contributed by atoms with E-state index in [1.165, 1.54) is 12.1 Å². The first-order valence-electron chi connectivity index (χ1n) is 10.8. The normalized spacial score (nSPS) is 11.6. The molecule has 0 fully saturated rings. The van der Waals surface area contributed by atoms with Crippen LogP contribution in [0.5, 0.6) is 5.75 Å². The minimum atomic E-state index is -4.91. The summed E-state index contributed by atoms with van der Waals surface area (Å²) in [5.41, 5.74) is 1.19. The largest absolute Gasteiger partial charge is 0.573 e. The van der Waals surface area contributed by atoms with Gasteiger partial charge in [-0.2, -0.15) is 0 Å². The number of aliphatic carboxylic acids is 1. The molecule has 1 unspecified atom stereocenters. The Kier molecular flexibility index (Phi) is 13.3. The molecule has 1 aromatic carbocycles. The van der Waals surface area contributed by atoms with E-state index in [9.17, 15) is 27.6 Å². The van der Waals surface area contributed by atoms with Crippen molar-refractivity contribution in [2.45, 2.75) is 45.0 Å². The summed E-state index contributed by atoms with van der Waals surface area (Å²) >= 11 is 0. The minimum Gasteiger partial charge on any atom is -0.481 e. The van der Waals surface area contributed by atoms with Crippen LogP contribution in [0.25, 0.3) is 0 Å². The summed E-state index contributed by atoms with van der Waals surface area (Å²) in [6, 6.07) is 7.36. The summed E-state index contributed by atoms with van der Waals surface area (Å²) in [5, 5.41) is 17.1. The van der Waals surface area contributed by atoms with Gasteiger partial charge in [-0.15, -0.1) is 13.2 Å². The molecule has 1 radical (unpaired) electrons. The number of anilines is 1. The van der Waals surface area contributed by atoms with Gasteiger partial charge in [0, 0.05) is 48.7 Å². The predicted octanol–water partition coefficient (Wildman–Crippen LogP) is 2.94. The number of unbranched alkanes of at least 4 members (excludes halogenated alkanes) is 1. The number of rotatable bonds is 13. The number of hydrogen-bond acceptors (Lipinski definition) is 6. The van der Waals surface area contributed by atoms with E-state index in [0.717, 1.165) is 23.5 Å². The summed E-state index contributed by atoms with van der Waals surface area (Å²) in [5.74, 6) is -2.10. The van der Waals surface area contributed by atoms with Gasteiger partial charge in [0.25, 0.3) is 0 Å². The van der Waals surface area contributed by atoms with Crippen LogP contribution in [0.15, 0.2) is 42.6 Å². The van der Waals surface area contributed by atoms with E-state index in [4.69, 9.17) is 5.11 Å². The Morgan fingerprint density at radius 3 is 2.53 bits per heavy atom. The number of aryl methyl sites for hydroxylation is 1. The van der Waals surface area contributed by atoms with Crippen LogP contribution < -0.4 is 20.7 Å². The Labute approximate surface area is 228 Å². The number of carboxylic acid groups (broad SMARTS) is 1. The van der Waals surface area contributed by atoms with E-state index in [-0.39, 0.29) is 47.4 Å². The van der Waals surface area contributed by atoms with Gasteiger partial charge < -0.3 is 25.8 Å². The molecule has 9 nitrogen and oxygen atoms in total. The molecule has 2 aromatic rings. The number of amides is 2. The summed E-state index contributed by atoms with van der Waals surface area (Å²) in [4.78, 5) is 39.6. The molecule has 2 rings (SSSR count). The van der Waals surface area contributed by atoms with Crippen molar-refractivity contribution in [3.63, 3.8) is 0 Å². The number of benzene rings is 1. The van der Waals surface area contributed by atoms with Gasteiger partial charge in [0.1, 0.15) is 11.6 Å². The fourth-order valence-electron chi connectivity index (χ4n) is 3.13. The van der Waals surface area contributed by atoms with E-state index >= 15 is 0 Å². The van der Waals surface area contributed by atoms with Crippen molar-refractivity contribution in [2.75, 3.05) is 18.4 Å². The second-order valence-corrected chi connectivity index (χ2v) is 7.72. The summed E-state index contributed by atoms with van der Waals surface area (Å²) in [7, 11) is 0. The van der Waals surface area contributed by atoms with Crippen LogP contribution >= 0.6 is 0 Å². The van der Waals surface area contributed by atoms with Gasteiger partial charge in [-0.05, 0) is 55.2 Å². The molecule has 0 aliphatic rings. The van der Waals surface area contributed by atoms with Gasteiger partial charge in [0.05, 0.1) is 19.0 Å². The van der Waals surface area contributed by atoms with Gasteiger partial charge >= 0.3 is 12.3 Å². The Morgan fingerprint density at radius 1 is 1.11 bits per heavy atom. The second-order valence-electron chi connectivity index (χ2n) is 7.72. The number of hydrogen-bond donors (Lipinski definition) is 4. The number of nitrogens with one attached hydrogen (secondary N) is 3. The maximum absolute atomic E-state index is 12.5. The fraction of sp³-hybridized carbons (Fsp3) is 0.391. The molecule has 13 heteroatoms. The van der Waals surface area contributed by atoms with Gasteiger partial charge in [0.15, 0.2) is 0 Å². The van der Waals surface area contributed by atoms with Crippen molar-refractivity contribution in [3.8, 4) is 5.75 Å². The molecule has 0 aliphatic carbocycles. The van der Waals surface area contributed by atoms with E-state index < -0.39 is 43.0 Å². The van der Waals surface area contributed by atoms with Crippen LogP contribution in [0.2, 0.25) is 0 Å². The number of carbonyl (C=O) groups excluding carboxylic acids is 2. The zero-order valence-electron chi connectivity index (χ0n) is 20.0. The number of ether oxygens (including phenoxy) is 1. The second kappa shape index (κ2) is 15.3. The number of nitrogens with zero attached hydrogens (tertiary/aromatic N) is 1. The Morgan fingerprint density at radius 2 is 1.86 bits per heavy atom. The first-order chi connectivity index (χ1) is 16.5. The van der Waals surface area contributed by atoms with Crippen molar-refractivity contribution < 1.29 is 37.4 Å². The topological polar surface area (TPSA) is 130 Å². The molecule has 36 heavy (non-hydrogen) atoms. The van der Waals surface area contributed by atoms with E-state index in [2.05, 4.69) is 25.7 Å². The van der Waals surface area contributed by atoms with Gasteiger partial charge in [-0.3, -0.25) is 14.4 Å². The van der Waals surface area contributed by atoms with Crippen LogP contribution in [0.4, 0.5) is 19.0 Å². The number of pyridine rings is 1. The quantitative estimate of drug-likeness (QED) is 0.237. The summed E-state index contributed by atoms with van der Waals surface area (Å²) in [6.45, 7) is 2.17. The molecule has 4 N–H and O–H groups in total. The van der Waals surface area contributed by atoms with Crippen molar-refractivity contribution in [1.29, 1.82) is 0 Å². The van der Waals surface area contributed by atoms with Gasteiger partial charge in [-0.1, -0.05) is 12.1 Å². The van der Waals surface area contributed by atoms with Crippen molar-refractivity contribution >= 4 is 53.2 Å². The summed E-state index contributed by atoms with van der Waals surface area (Å²) in [6.07, 6.45) is -2.33. The molecule has 1 atom stereocenters. The van der Waals surface area contributed by atoms with E-state index in [1.54, 1.807) is 6.20 Å². The van der Waals surface area contributed by atoms with E-state index in [1.807, 2.05) is 19.1 Å². The van der Waals surface area contributed by atoms with Crippen molar-refractivity contribution in [2.24, 2.45) is 0 Å². The van der Waals surface area contributed by atoms with E-state index in [0.29, 0.717) is 19.4 Å². The van der Waals surface area contributed by atoms with Crippen LogP contribution in [0.1, 0.15) is 42.9 Å². The number of halogens is 3. The van der Waals surface area contributed by atoms with Gasteiger partial charge in [0.2, 0.25) is 11.8 Å². The average molecular weight is 519 g/mol. The molecule has 0 bridgehead atoms. The minimum absolute atomic E-state index is 0. The van der Waals surface area contributed by atoms with Crippen molar-refractivity contribution in [1.82, 2.24) is 15.6 Å². The first kappa shape index (κ1) is 31.2. The number of aromatic nitrogens is 1. The van der Waals surface area contributed by atoms with Crippen LogP contribution in [-0.4, -0.2) is 76.9 Å². The predicted molar refractivity (Wildman–Crippen MR) is 126 cm³/mol. The maximum Gasteiger partial charge on any atom is 0.573 e. The molecule has 0 saturated heterocycles. The molecule has 2 amide bonds. The number of carbonyl (C=O) groups is 3. The van der Waals surface area contributed by atoms with Crippen LogP contribution in [0.3, 0.4) is 0 Å². The Hall–Kier alpha value is -2.83. The molecule has 191 valence electrons. The zero-order chi connectivity index (χ0) is 25.8. The Balaban J connectivity index is 0.00000648. The zero-order valence-corrected chi connectivity index (χ0v) is 22.0. The number of alkyl halides is 3. The fourth-order valence-corrected chi connectivity index (χ4v) is 3.13. The first-order valence-corrected chi connectivity index (χ1v) is 10.8.